The highest BCUT2D eigenvalue weighted by atomic mass is 79.9. The Bertz CT molecular complexity index is 833. The summed E-state index contributed by atoms with van der Waals surface area (Å²) in [6.07, 6.45) is 1.22. The van der Waals surface area contributed by atoms with Crippen LogP contribution >= 0.6 is 15.9 Å². The first-order valence-electron chi connectivity index (χ1n) is 9.42. The van der Waals surface area contributed by atoms with E-state index in [1.54, 1.807) is 7.11 Å². The maximum atomic E-state index is 13.1. The van der Waals surface area contributed by atoms with Gasteiger partial charge < -0.3 is 14.9 Å². The van der Waals surface area contributed by atoms with E-state index in [9.17, 15) is 9.59 Å². The Morgan fingerprint density at radius 3 is 2.43 bits per heavy atom. The number of rotatable bonds is 3. The zero-order valence-electron chi connectivity index (χ0n) is 17.0. The largest absolute Gasteiger partial charge is 0.427 e. The molecule has 1 N–H and O–H groups in total. The smallest absolute Gasteiger partial charge is 0.316 e. The molecule has 6 nitrogen and oxygen atoms in total. The van der Waals surface area contributed by atoms with Crippen LogP contribution in [0.25, 0.3) is 5.57 Å². The first-order valence-corrected chi connectivity index (χ1v) is 10.2. The van der Waals surface area contributed by atoms with Gasteiger partial charge in [-0.25, -0.2) is 0 Å². The average Bonchev–Trinajstić information content (AvgIpc) is 2.86. The molecular formula is C21H27BrN2O4. The van der Waals surface area contributed by atoms with Crippen LogP contribution in [-0.4, -0.2) is 42.7 Å². The third-order valence-corrected chi connectivity index (χ3v) is 5.83. The van der Waals surface area contributed by atoms with Gasteiger partial charge in [-0.1, -0.05) is 22.0 Å². The van der Waals surface area contributed by atoms with Crippen molar-refractivity contribution in [2.75, 3.05) is 20.2 Å². The lowest BCUT2D eigenvalue weighted by Crippen LogP contribution is -2.53. The molecule has 1 aromatic carbocycles. The lowest BCUT2D eigenvalue weighted by atomic mass is 9.85. The highest BCUT2D eigenvalue weighted by Gasteiger charge is 2.50. The second-order valence-electron chi connectivity index (χ2n) is 8.45. The molecule has 3 rings (SSSR count). The minimum atomic E-state index is -0.693. The van der Waals surface area contributed by atoms with E-state index >= 15 is 0 Å². The Balaban J connectivity index is 2.11. The number of nitrogens with zero attached hydrogens (tertiary/aromatic N) is 1. The topological polar surface area (TPSA) is 67.9 Å². The molecule has 0 saturated carbocycles. The molecule has 0 bridgehead atoms. The number of esters is 1. The van der Waals surface area contributed by atoms with Gasteiger partial charge >= 0.3 is 5.97 Å². The van der Waals surface area contributed by atoms with Gasteiger partial charge in [-0.15, -0.1) is 0 Å². The van der Waals surface area contributed by atoms with Crippen molar-refractivity contribution in [2.45, 2.75) is 46.1 Å². The lowest BCUT2D eigenvalue weighted by molar-refractivity contribution is -0.159. The molecule has 2 aliphatic rings. The zero-order valence-corrected chi connectivity index (χ0v) is 18.6. The number of halogens is 1. The molecule has 2 aliphatic heterocycles. The van der Waals surface area contributed by atoms with E-state index in [2.05, 4.69) is 21.2 Å². The molecule has 0 unspecified atom stereocenters. The SMILES string of the molecule is CON1CCC2(CC1)NC(=O)C(c1ccc(Br)cc1C)=C2OC(=O)C(C)(C)C. The Morgan fingerprint density at radius 1 is 1.25 bits per heavy atom. The van der Waals surface area contributed by atoms with Gasteiger partial charge in [0, 0.05) is 17.6 Å². The number of nitrogens with one attached hydrogen (secondary N) is 1. The van der Waals surface area contributed by atoms with Crippen molar-refractivity contribution < 1.29 is 19.2 Å². The number of carbonyl (C=O) groups excluding carboxylic acids is 2. The molecule has 0 atom stereocenters. The van der Waals surface area contributed by atoms with E-state index in [0.717, 1.165) is 15.6 Å². The monoisotopic (exact) mass is 450 g/mol. The second-order valence-corrected chi connectivity index (χ2v) is 9.37. The molecular weight excluding hydrogens is 424 g/mol. The molecule has 1 spiro atoms. The highest BCUT2D eigenvalue weighted by molar-refractivity contribution is 9.10. The van der Waals surface area contributed by atoms with Crippen molar-refractivity contribution in [3.05, 3.63) is 39.6 Å². The Hall–Kier alpha value is -1.70. The summed E-state index contributed by atoms with van der Waals surface area (Å²) in [5, 5.41) is 4.98. The first-order chi connectivity index (χ1) is 13.1. The fraction of sp³-hybridized carbons (Fsp3) is 0.524. The number of amides is 1. The van der Waals surface area contributed by atoms with Crippen LogP contribution in [0, 0.1) is 12.3 Å². The molecule has 1 saturated heterocycles. The van der Waals surface area contributed by atoms with E-state index < -0.39 is 11.0 Å². The predicted octanol–water partition coefficient (Wildman–Crippen LogP) is 3.58. The van der Waals surface area contributed by atoms with Crippen LogP contribution in [0.1, 0.15) is 44.7 Å². The van der Waals surface area contributed by atoms with Crippen LogP contribution in [0.3, 0.4) is 0 Å². The van der Waals surface area contributed by atoms with Gasteiger partial charge in [0.2, 0.25) is 0 Å². The Kier molecular flexibility index (Phi) is 5.71. The fourth-order valence-electron chi connectivity index (χ4n) is 3.63. The minimum absolute atomic E-state index is 0.201. The van der Waals surface area contributed by atoms with Gasteiger partial charge in [0.25, 0.3) is 5.91 Å². The summed E-state index contributed by atoms with van der Waals surface area (Å²) >= 11 is 3.46. The standard InChI is InChI=1S/C21H27BrN2O4/c1-13-12-14(22)6-7-15(13)16-17(28-19(26)20(2,3)4)21(23-18(16)25)8-10-24(27-5)11-9-21/h6-7,12H,8-11H2,1-5H3,(H,23,25). The summed E-state index contributed by atoms with van der Waals surface area (Å²) in [5.41, 5.74) is 0.807. The van der Waals surface area contributed by atoms with E-state index in [4.69, 9.17) is 9.57 Å². The van der Waals surface area contributed by atoms with Crippen LogP contribution in [0.5, 0.6) is 0 Å². The maximum Gasteiger partial charge on any atom is 0.316 e. The lowest BCUT2D eigenvalue weighted by Gasteiger charge is -2.39. The van der Waals surface area contributed by atoms with Crippen molar-refractivity contribution in [1.29, 1.82) is 0 Å². The molecule has 1 aromatic rings. The third kappa shape index (κ3) is 3.88. The summed E-state index contributed by atoms with van der Waals surface area (Å²) in [4.78, 5) is 31.1. The van der Waals surface area contributed by atoms with E-state index in [1.807, 2.05) is 51.0 Å². The summed E-state index contributed by atoms with van der Waals surface area (Å²) in [6, 6.07) is 5.74. The second kappa shape index (κ2) is 7.61. The molecule has 2 heterocycles. The van der Waals surface area contributed by atoms with Gasteiger partial charge in [-0.2, -0.15) is 5.06 Å². The quantitative estimate of drug-likeness (QED) is 0.712. The first kappa shape index (κ1) is 21.0. The van der Waals surface area contributed by atoms with Crippen LogP contribution in [0.15, 0.2) is 28.4 Å². The zero-order chi connectivity index (χ0) is 20.7. The van der Waals surface area contributed by atoms with Crippen LogP contribution in [0.4, 0.5) is 0 Å². The van der Waals surface area contributed by atoms with Crippen LogP contribution < -0.4 is 5.32 Å². The maximum absolute atomic E-state index is 13.1. The number of carbonyl (C=O) groups is 2. The number of piperidine rings is 1. The van der Waals surface area contributed by atoms with Crippen molar-refractivity contribution in [3.63, 3.8) is 0 Å². The average molecular weight is 451 g/mol. The van der Waals surface area contributed by atoms with Gasteiger partial charge in [0.15, 0.2) is 0 Å². The summed E-state index contributed by atoms with van der Waals surface area (Å²) < 4.78 is 6.88. The van der Waals surface area contributed by atoms with Gasteiger partial charge in [0.1, 0.15) is 11.3 Å². The van der Waals surface area contributed by atoms with Crippen molar-refractivity contribution in [1.82, 2.24) is 10.4 Å². The number of ether oxygens (including phenoxy) is 1. The van der Waals surface area contributed by atoms with Gasteiger partial charge in [-0.3, -0.25) is 9.59 Å². The molecule has 28 heavy (non-hydrogen) atoms. The Labute approximate surface area is 174 Å². The number of benzene rings is 1. The summed E-state index contributed by atoms with van der Waals surface area (Å²) in [5.74, 6) is -0.105. The fourth-order valence-corrected chi connectivity index (χ4v) is 4.10. The molecule has 0 radical (unpaired) electrons. The van der Waals surface area contributed by atoms with Crippen LogP contribution in [-0.2, 0) is 19.2 Å². The van der Waals surface area contributed by atoms with E-state index in [0.29, 0.717) is 37.3 Å². The molecule has 0 aliphatic carbocycles. The van der Waals surface area contributed by atoms with E-state index in [1.165, 1.54) is 0 Å². The molecule has 7 heteroatoms. The van der Waals surface area contributed by atoms with E-state index in [-0.39, 0.29) is 11.9 Å². The van der Waals surface area contributed by atoms with Crippen LogP contribution in [0.2, 0.25) is 0 Å². The number of aryl methyl sites for hydroxylation is 1. The minimum Gasteiger partial charge on any atom is -0.427 e. The molecule has 1 fully saturated rings. The van der Waals surface area contributed by atoms with Gasteiger partial charge in [0.05, 0.1) is 18.1 Å². The number of hydrogen-bond donors (Lipinski definition) is 1. The Morgan fingerprint density at radius 2 is 1.89 bits per heavy atom. The third-order valence-electron chi connectivity index (χ3n) is 5.34. The molecule has 152 valence electrons. The summed E-state index contributed by atoms with van der Waals surface area (Å²) in [6.45, 7) is 8.66. The highest BCUT2D eigenvalue weighted by Crippen LogP contribution is 2.42. The summed E-state index contributed by atoms with van der Waals surface area (Å²) in [7, 11) is 1.64. The van der Waals surface area contributed by atoms with Crippen molar-refractivity contribution in [2.24, 2.45) is 5.41 Å². The normalized spacial score (nSPS) is 19.9. The predicted molar refractivity (Wildman–Crippen MR) is 110 cm³/mol. The van der Waals surface area contributed by atoms with Gasteiger partial charge in [-0.05, 0) is 63.8 Å². The molecule has 1 amide bonds. The number of hydrogen-bond acceptors (Lipinski definition) is 5. The van der Waals surface area contributed by atoms with Crippen molar-refractivity contribution >= 4 is 33.4 Å². The van der Waals surface area contributed by atoms with Crippen molar-refractivity contribution in [3.8, 4) is 0 Å². The molecule has 0 aromatic heterocycles. The number of hydroxylamine groups is 2.